The van der Waals surface area contributed by atoms with Gasteiger partial charge in [-0.15, -0.1) is 12.8 Å². The minimum atomic E-state index is 0. The second-order valence-electron chi connectivity index (χ2n) is 4.05. The Bertz CT molecular complexity index is 302. The molecule has 0 unspecified atom stereocenters. The fraction of sp³-hybridized carbons (Fsp3) is 0.429. The molecule has 0 saturated carbocycles. The third kappa shape index (κ3) is 10.1. The van der Waals surface area contributed by atoms with Gasteiger partial charge in [0.1, 0.15) is 0 Å². The van der Waals surface area contributed by atoms with Crippen LogP contribution in [0.25, 0.3) is 0 Å². The van der Waals surface area contributed by atoms with Crippen molar-refractivity contribution in [2.45, 2.75) is 40.5 Å². The average Bonchev–Trinajstić information content (AvgIpc) is 2.63. The van der Waals surface area contributed by atoms with E-state index < -0.39 is 0 Å². The number of rotatable bonds is 0. The molecule has 0 aromatic heterocycles. The van der Waals surface area contributed by atoms with E-state index in [4.69, 9.17) is 0 Å². The van der Waals surface area contributed by atoms with Gasteiger partial charge >= 0.3 is 25.8 Å². The van der Waals surface area contributed by atoms with Gasteiger partial charge in [-0.25, -0.2) is 23.3 Å². The van der Waals surface area contributed by atoms with Crippen LogP contribution >= 0.6 is 0 Å². The van der Waals surface area contributed by atoms with E-state index in [-0.39, 0.29) is 50.7 Å². The van der Waals surface area contributed by atoms with E-state index in [1.165, 1.54) is 22.3 Å². The van der Waals surface area contributed by atoms with Crippen molar-refractivity contribution in [2.75, 3.05) is 0 Å². The smallest absolute Gasteiger partial charge is 1.00 e. The SMILES string of the molecule is CC1=[C-]CC(C)=C1.CC1=[C-]CC(C)=C1.[Cl-].[Cl-].[Hf+4]. The predicted octanol–water partition coefficient (Wildman–Crippen LogP) is -1.82. The quantitative estimate of drug-likeness (QED) is 0.311. The van der Waals surface area contributed by atoms with Gasteiger partial charge in [-0.2, -0.15) is 11.1 Å². The third-order valence-corrected chi connectivity index (χ3v) is 2.22. The van der Waals surface area contributed by atoms with Crippen LogP contribution in [-0.4, -0.2) is 0 Å². The molecule has 0 aromatic carbocycles. The van der Waals surface area contributed by atoms with Crippen LogP contribution in [0.5, 0.6) is 0 Å². The molecular weight excluding hydrogens is 418 g/mol. The van der Waals surface area contributed by atoms with E-state index in [0.29, 0.717) is 0 Å². The number of halogens is 2. The molecule has 17 heavy (non-hydrogen) atoms. The molecule has 0 aromatic rings. The van der Waals surface area contributed by atoms with Crippen LogP contribution in [0.1, 0.15) is 40.5 Å². The van der Waals surface area contributed by atoms with Crippen molar-refractivity contribution >= 4 is 0 Å². The van der Waals surface area contributed by atoms with Gasteiger partial charge in [0.25, 0.3) is 0 Å². The first-order chi connectivity index (χ1) is 6.58. The average molecular weight is 436 g/mol. The maximum atomic E-state index is 3.19. The summed E-state index contributed by atoms with van der Waals surface area (Å²) in [6.07, 6.45) is 12.8. The van der Waals surface area contributed by atoms with E-state index >= 15 is 0 Å². The molecule has 0 radical (unpaired) electrons. The molecule has 0 amide bonds. The molecule has 3 heteroatoms. The Morgan fingerprint density at radius 1 is 0.765 bits per heavy atom. The number of hydrogen-bond acceptors (Lipinski definition) is 0. The van der Waals surface area contributed by atoms with Crippen LogP contribution in [0.15, 0.2) is 34.4 Å². The van der Waals surface area contributed by atoms with Crippen molar-refractivity contribution in [2.24, 2.45) is 0 Å². The molecule has 0 nitrogen and oxygen atoms in total. The maximum absolute atomic E-state index is 3.19. The van der Waals surface area contributed by atoms with Crippen molar-refractivity contribution in [1.29, 1.82) is 0 Å². The van der Waals surface area contributed by atoms with Gasteiger partial charge in [0.2, 0.25) is 0 Å². The zero-order chi connectivity index (χ0) is 10.6. The summed E-state index contributed by atoms with van der Waals surface area (Å²) < 4.78 is 0. The number of allylic oxidation sites excluding steroid dienone is 8. The number of hydrogen-bond donors (Lipinski definition) is 0. The van der Waals surface area contributed by atoms with Crippen molar-refractivity contribution < 1.29 is 50.7 Å². The molecule has 0 aliphatic heterocycles. The van der Waals surface area contributed by atoms with Gasteiger partial charge in [-0.3, -0.25) is 12.2 Å². The molecule has 0 heterocycles. The monoisotopic (exact) mass is 436 g/mol. The van der Waals surface area contributed by atoms with Gasteiger partial charge < -0.3 is 24.8 Å². The molecule has 0 spiro atoms. The van der Waals surface area contributed by atoms with Gasteiger partial charge in [0, 0.05) is 0 Å². The zero-order valence-electron chi connectivity index (χ0n) is 10.8. The van der Waals surface area contributed by atoms with Gasteiger partial charge in [-0.1, -0.05) is 27.7 Å². The van der Waals surface area contributed by atoms with Gasteiger partial charge in [0.15, 0.2) is 0 Å². The summed E-state index contributed by atoms with van der Waals surface area (Å²) in [7, 11) is 0. The molecule has 0 atom stereocenters. The summed E-state index contributed by atoms with van der Waals surface area (Å²) >= 11 is 0. The first-order valence-corrected chi connectivity index (χ1v) is 5.07. The molecule has 0 N–H and O–H groups in total. The Hall–Kier alpha value is 0.410. The predicted molar refractivity (Wildman–Crippen MR) is 61.6 cm³/mol. The fourth-order valence-corrected chi connectivity index (χ4v) is 1.50. The summed E-state index contributed by atoms with van der Waals surface area (Å²) in [6.45, 7) is 8.42. The Labute approximate surface area is 137 Å². The Morgan fingerprint density at radius 3 is 1.12 bits per heavy atom. The Kier molecular flexibility index (Phi) is 15.3. The van der Waals surface area contributed by atoms with Gasteiger partial charge in [-0.05, 0) is 0 Å². The first-order valence-electron chi connectivity index (χ1n) is 5.07. The fourth-order valence-electron chi connectivity index (χ4n) is 1.50. The first kappa shape index (κ1) is 22.6. The molecule has 2 rings (SSSR count). The maximum Gasteiger partial charge on any atom is 4.00 e. The molecule has 2 aliphatic carbocycles. The summed E-state index contributed by atoms with van der Waals surface area (Å²) in [4.78, 5) is 0. The Balaban J connectivity index is -0.000000196. The third-order valence-electron chi connectivity index (χ3n) is 2.22. The standard InChI is InChI=1S/2C7H9.2ClH.Hf/c2*1-6-3-4-7(2)5-6;;;/h2*5H,3H2,1-2H3;2*1H;/q2*-1;;;+4/p-2. The molecule has 0 fully saturated rings. The van der Waals surface area contributed by atoms with Crippen LogP contribution in [-0.2, 0) is 25.8 Å². The van der Waals surface area contributed by atoms with E-state index in [1.54, 1.807) is 0 Å². The zero-order valence-corrected chi connectivity index (χ0v) is 15.9. The van der Waals surface area contributed by atoms with Crippen LogP contribution in [0.4, 0.5) is 0 Å². The largest absolute Gasteiger partial charge is 4.00 e. The van der Waals surface area contributed by atoms with E-state index in [9.17, 15) is 0 Å². The van der Waals surface area contributed by atoms with E-state index in [0.717, 1.165) is 12.8 Å². The minimum Gasteiger partial charge on any atom is -1.00 e. The van der Waals surface area contributed by atoms with Gasteiger partial charge in [0.05, 0.1) is 0 Å². The normalized spacial score (nSPS) is 15.8. The second kappa shape index (κ2) is 11.5. The van der Waals surface area contributed by atoms with Crippen LogP contribution in [0, 0.1) is 12.2 Å². The molecule has 92 valence electrons. The molecular formula is C14H18Cl2Hf. The van der Waals surface area contributed by atoms with Crippen molar-refractivity contribution in [1.82, 2.24) is 0 Å². The van der Waals surface area contributed by atoms with Crippen LogP contribution in [0.3, 0.4) is 0 Å². The molecule has 2 aliphatic rings. The molecule has 0 bridgehead atoms. The Morgan fingerprint density at radius 2 is 1.06 bits per heavy atom. The van der Waals surface area contributed by atoms with Crippen molar-refractivity contribution in [3.8, 4) is 0 Å². The van der Waals surface area contributed by atoms with E-state index in [1.807, 2.05) is 0 Å². The summed E-state index contributed by atoms with van der Waals surface area (Å²) in [5.41, 5.74) is 5.44. The van der Waals surface area contributed by atoms with Crippen molar-refractivity contribution in [3.63, 3.8) is 0 Å². The van der Waals surface area contributed by atoms with Crippen LogP contribution in [0.2, 0.25) is 0 Å². The topological polar surface area (TPSA) is 0 Å². The minimum absolute atomic E-state index is 0. The van der Waals surface area contributed by atoms with Crippen molar-refractivity contribution in [3.05, 3.63) is 46.6 Å². The van der Waals surface area contributed by atoms with E-state index in [2.05, 4.69) is 52.0 Å². The summed E-state index contributed by atoms with van der Waals surface area (Å²) in [5.74, 6) is 0. The molecule has 0 saturated heterocycles. The summed E-state index contributed by atoms with van der Waals surface area (Å²) in [5, 5.41) is 0. The summed E-state index contributed by atoms with van der Waals surface area (Å²) in [6, 6.07) is 0. The second-order valence-corrected chi connectivity index (χ2v) is 4.05. The van der Waals surface area contributed by atoms with Crippen LogP contribution < -0.4 is 24.8 Å².